The maximum absolute atomic E-state index is 12.6. The summed E-state index contributed by atoms with van der Waals surface area (Å²) in [4.78, 5) is 34.9. The first-order valence-electron chi connectivity index (χ1n) is 23.2. The first kappa shape index (κ1) is 53.9. The molecule has 0 saturated carbocycles. The lowest BCUT2D eigenvalue weighted by Crippen LogP contribution is -2.29. The Bertz CT molecular complexity index is 1160. The van der Waals surface area contributed by atoms with Crippen LogP contribution in [0.4, 0.5) is 0 Å². The average molecular weight is 838 g/mol. The van der Waals surface area contributed by atoms with E-state index in [0.717, 1.165) is 51.4 Å². The van der Waals surface area contributed by atoms with Crippen LogP contribution in [-0.4, -0.2) is 61.5 Å². The van der Waals surface area contributed by atoms with Gasteiger partial charge in [0.2, 0.25) is 0 Å². The molecule has 58 heavy (non-hydrogen) atoms. The molecule has 1 heterocycles. The Balaban J connectivity index is 2.19. The predicted octanol–water partition coefficient (Wildman–Crippen LogP) is 12.5. The molecule has 0 aromatic rings. The molecule has 336 valence electrons. The topological polar surface area (TPSA) is 147 Å². The molecule has 0 bridgehead atoms. The van der Waals surface area contributed by atoms with Gasteiger partial charge in [-0.25, -0.2) is 4.57 Å². The van der Waals surface area contributed by atoms with Gasteiger partial charge in [0.05, 0.1) is 25.4 Å². The largest absolute Gasteiger partial charge is 0.472 e. The van der Waals surface area contributed by atoms with Crippen molar-refractivity contribution in [3.63, 3.8) is 0 Å². The van der Waals surface area contributed by atoms with Crippen molar-refractivity contribution in [3.05, 3.63) is 48.6 Å². The molecule has 10 nitrogen and oxygen atoms in total. The summed E-state index contributed by atoms with van der Waals surface area (Å²) in [6, 6.07) is 0. The number of epoxide rings is 1. The van der Waals surface area contributed by atoms with Crippen molar-refractivity contribution in [2.45, 2.75) is 212 Å². The van der Waals surface area contributed by atoms with Gasteiger partial charge in [0.15, 0.2) is 6.10 Å². The van der Waals surface area contributed by atoms with Crippen molar-refractivity contribution in [1.82, 2.24) is 0 Å². The molecule has 1 aliphatic rings. The normalized spacial score (nSPS) is 17.2. The molecule has 1 saturated heterocycles. The van der Waals surface area contributed by atoms with Gasteiger partial charge in [0, 0.05) is 19.4 Å². The zero-order valence-electron chi connectivity index (χ0n) is 36.7. The Morgan fingerprint density at radius 1 is 0.603 bits per heavy atom. The highest BCUT2D eigenvalue weighted by Crippen LogP contribution is 2.43. The van der Waals surface area contributed by atoms with E-state index in [2.05, 4.69) is 62.5 Å². The standard InChI is InChI=1S/C47H84NO9P/c1-3-5-7-9-11-12-13-14-15-16-17-18-19-20-21-22-25-30-34-38-47(50)56-43(42-55-58(51,52)54-40-39-48)41-53-46(49)37-33-29-26-23-24-28-32-36-45-44(57-45)35-31-27-10-8-6-4-2/h14-15,23,26-28,31-32,43-45H,3-13,16-22,24-25,29-30,33-42,48H2,1-2H3,(H,51,52)/b15-14-,26-23-,31-27-,32-28-/t43-,44?,45?/m1/s1. The first-order chi connectivity index (χ1) is 28.3. The zero-order valence-corrected chi connectivity index (χ0v) is 37.6. The Morgan fingerprint density at radius 3 is 1.69 bits per heavy atom. The minimum Gasteiger partial charge on any atom is -0.462 e. The van der Waals surface area contributed by atoms with Gasteiger partial charge in [-0.3, -0.25) is 18.6 Å². The van der Waals surface area contributed by atoms with Gasteiger partial charge in [-0.2, -0.15) is 0 Å². The molecule has 0 aliphatic carbocycles. The Labute approximate surface area is 353 Å². The zero-order chi connectivity index (χ0) is 42.2. The van der Waals surface area contributed by atoms with Crippen molar-refractivity contribution in [2.24, 2.45) is 5.73 Å². The lowest BCUT2D eigenvalue weighted by molar-refractivity contribution is -0.161. The van der Waals surface area contributed by atoms with Gasteiger partial charge in [-0.1, -0.05) is 152 Å². The number of hydrogen-bond acceptors (Lipinski definition) is 9. The van der Waals surface area contributed by atoms with E-state index in [9.17, 15) is 19.0 Å². The molecular formula is C47H84NO9P. The van der Waals surface area contributed by atoms with E-state index in [0.29, 0.717) is 25.0 Å². The lowest BCUT2D eigenvalue weighted by Gasteiger charge is -2.19. The molecule has 3 N–H and O–H groups in total. The van der Waals surface area contributed by atoms with Crippen LogP contribution in [0, 0.1) is 0 Å². The Hall–Kier alpha value is -2.07. The van der Waals surface area contributed by atoms with Crippen LogP contribution in [0.15, 0.2) is 48.6 Å². The molecule has 0 aromatic heterocycles. The molecular weight excluding hydrogens is 753 g/mol. The number of phosphoric acid groups is 1. The van der Waals surface area contributed by atoms with Crippen molar-refractivity contribution in [1.29, 1.82) is 0 Å². The van der Waals surface area contributed by atoms with E-state index in [4.69, 9.17) is 29.0 Å². The minimum absolute atomic E-state index is 0.0425. The van der Waals surface area contributed by atoms with E-state index in [-0.39, 0.29) is 32.6 Å². The molecule has 1 rings (SSSR count). The van der Waals surface area contributed by atoms with E-state index in [1.54, 1.807) is 0 Å². The quantitative estimate of drug-likeness (QED) is 0.0200. The van der Waals surface area contributed by atoms with Crippen LogP contribution in [0.3, 0.4) is 0 Å². The highest BCUT2D eigenvalue weighted by Gasteiger charge is 2.36. The Kier molecular flexibility index (Phi) is 36.4. The summed E-state index contributed by atoms with van der Waals surface area (Å²) in [5.41, 5.74) is 5.35. The van der Waals surface area contributed by atoms with Crippen LogP contribution in [0.1, 0.15) is 194 Å². The number of unbranched alkanes of at least 4 members (excludes halogenated alkanes) is 19. The second-order valence-corrected chi connectivity index (χ2v) is 17.1. The summed E-state index contributed by atoms with van der Waals surface area (Å²) in [7, 11) is -4.40. The number of rotatable bonds is 42. The van der Waals surface area contributed by atoms with Gasteiger partial charge in [-0.15, -0.1) is 0 Å². The minimum atomic E-state index is -4.40. The first-order valence-corrected chi connectivity index (χ1v) is 24.7. The number of allylic oxidation sites excluding steroid dienone is 6. The van der Waals surface area contributed by atoms with Gasteiger partial charge in [-0.05, 0) is 77.0 Å². The maximum atomic E-state index is 12.6. The molecule has 0 radical (unpaired) electrons. The summed E-state index contributed by atoms with van der Waals surface area (Å²) in [6.07, 6.45) is 47.5. The van der Waals surface area contributed by atoms with Crippen LogP contribution in [0.5, 0.6) is 0 Å². The predicted molar refractivity (Wildman–Crippen MR) is 237 cm³/mol. The number of hydrogen-bond donors (Lipinski definition) is 2. The third-order valence-electron chi connectivity index (χ3n) is 10.1. The van der Waals surface area contributed by atoms with E-state index in [1.165, 1.54) is 103 Å². The number of carbonyl (C=O) groups is 2. The summed E-state index contributed by atoms with van der Waals surface area (Å²) >= 11 is 0. The maximum Gasteiger partial charge on any atom is 0.472 e. The lowest BCUT2D eigenvalue weighted by atomic mass is 10.1. The van der Waals surface area contributed by atoms with E-state index in [1.807, 2.05) is 0 Å². The summed E-state index contributed by atoms with van der Waals surface area (Å²) in [5.74, 6) is -0.901. The summed E-state index contributed by atoms with van der Waals surface area (Å²) in [6.45, 7) is 3.63. The highest BCUT2D eigenvalue weighted by atomic mass is 31.2. The summed E-state index contributed by atoms with van der Waals surface area (Å²) < 4.78 is 38.5. The smallest absolute Gasteiger partial charge is 0.462 e. The van der Waals surface area contributed by atoms with Crippen LogP contribution >= 0.6 is 7.82 Å². The second kappa shape index (κ2) is 39.1. The van der Waals surface area contributed by atoms with Gasteiger partial charge < -0.3 is 24.8 Å². The van der Waals surface area contributed by atoms with Crippen molar-refractivity contribution >= 4 is 19.8 Å². The number of ether oxygens (including phenoxy) is 3. The van der Waals surface area contributed by atoms with Crippen molar-refractivity contribution < 1.29 is 42.3 Å². The molecule has 3 unspecified atom stereocenters. The van der Waals surface area contributed by atoms with Gasteiger partial charge >= 0.3 is 19.8 Å². The van der Waals surface area contributed by atoms with Crippen LogP contribution in [0.25, 0.3) is 0 Å². The molecule has 1 aliphatic heterocycles. The van der Waals surface area contributed by atoms with Gasteiger partial charge in [0.1, 0.15) is 6.61 Å². The molecule has 0 amide bonds. The second-order valence-electron chi connectivity index (χ2n) is 15.7. The number of carbonyl (C=O) groups excluding carboxylic acids is 2. The fourth-order valence-corrected chi connectivity index (χ4v) is 7.25. The fourth-order valence-electron chi connectivity index (χ4n) is 6.49. The van der Waals surface area contributed by atoms with Crippen LogP contribution < -0.4 is 5.73 Å². The van der Waals surface area contributed by atoms with Crippen molar-refractivity contribution in [2.75, 3.05) is 26.4 Å². The highest BCUT2D eigenvalue weighted by molar-refractivity contribution is 7.47. The third-order valence-corrected chi connectivity index (χ3v) is 11.1. The molecule has 11 heteroatoms. The van der Waals surface area contributed by atoms with E-state index < -0.39 is 32.5 Å². The summed E-state index contributed by atoms with van der Waals surface area (Å²) in [5, 5.41) is 0. The third kappa shape index (κ3) is 35.8. The van der Waals surface area contributed by atoms with Crippen molar-refractivity contribution in [3.8, 4) is 0 Å². The van der Waals surface area contributed by atoms with Crippen LogP contribution in [-0.2, 0) is 37.4 Å². The van der Waals surface area contributed by atoms with Crippen LogP contribution in [0.2, 0.25) is 0 Å². The number of esters is 2. The fraction of sp³-hybridized carbons (Fsp3) is 0.787. The average Bonchev–Trinajstić information content (AvgIpc) is 3.97. The molecule has 4 atom stereocenters. The molecule has 0 aromatic carbocycles. The number of nitrogens with two attached hydrogens (primary N) is 1. The van der Waals surface area contributed by atoms with E-state index >= 15 is 0 Å². The van der Waals surface area contributed by atoms with Gasteiger partial charge in [0.25, 0.3) is 0 Å². The monoisotopic (exact) mass is 838 g/mol. The Morgan fingerprint density at radius 2 is 1.07 bits per heavy atom. The SMILES string of the molecule is CCCCC/C=C\CC1OC1C/C=C\C/C=C\CCCC(=O)OC[C@H](COP(=O)(O)OCCN)OC(=O)CCCCCCCCCCC/C=C\CCCCCCCC. The number of phosphoric ester groups is 1. The molecule has 0 spiro atoms. The molecule has 1 fully saturated rings.